The number of nitrogens with one attached hydrogen (secondary N) is 1. The summed E-state index contributed by atoms with van der Waals surface area (Å²) in [6, 6.07) is 8.72. The second kappa shape index (κ2) is 14.1. The van der Waals surface area contributed by atoms with Crippen molar-refractivity contribution in [2.45, 2.75) is 91.0 Å². The summed E-state index contributed by atoms with van der Waals surface area (Å²) in [5, 5.41) is 23.9. The van der Waals surface area contributed by atoms with E-state index in [4.69, 9.17) is 0 Å². The van der Waals surface area contributed by atoms with E-state index in [0.29, 0.717) is 13.0 Å². The minimum absolute atomic E-state index is 0.0547. The Morgan fingerprint density at radius 3 is 2.27 bits per heavy atom. The third-order valence-electron chi connectivity index (χ3n) is 5.39. The van der Waals surface area contributed by atoms with Crippen LogP contribution < -0.4 is 5.32 Å². The van der Waals surface area contributed by atoms with Gasteiger partial charge in [-0.3, -0.25) is 9.59 Å². The molecule has 0 spiro atoms. The van der Waals surface area contributed by atoms with Crippen LogP contribution in [0.1, 0.15) is 84.3 Å². The monoisotopic (exact) mass is 420 g/mol. The van der Waals surface area contributed by atoms with Crippen molar-refractivity contribution in [2.24, 2.45) is 5.92 Å². The molecule has 0 aliphatic carbocycles. The van der Waals surface area contributed by atoms with Gasteiger partial charge >= 0.3 is 0 Å². The third kappa shape index (κ3) is 8.84. The fraction of sp³-hybridized carbons (Fsp3) is 0.667. The Morgan fingerprint density at radius 1 is 1.00 bits per heavy atom. The fourth-order valence-corrected chi connectivity index (χ4v) is 3.46. The van der Waals surface area contributed by atoms with E-state index in [1.807, 2.05) is 37.3 Å². The first kappa shape index (κ1) is 26.1. The minimum atomic E-state index is -0.987. The maximum absolute atomic E-state index is 12.6. The summed E-state index contributed by atoms with van der Waals surface area (Å²) < 4.78 is 0. The lowest BCUT2D eigenvalue weighted by atomic mass is 10.0. The summed E-state index contributed by atoms with van der Waals surface area (Å²) in [5.74, 6) is -0.790. The number of nitrogens with zero attached hydrogens (tertiary/aromatic N) is 1. The molecule has 0 saturated carbocycles. The van der Waals surface area contributed by atoms with E-state index in [0.717, 1.165) is 37.7 Å². The van der Waals surface area contributed by atoms with Gasteiger partial charge in [-0.2, -0.15) is 0 Å². The van der Waals surface area contributed by atoms with E-state index in [-0.39, 0.29) is 18.2 Å². The molecular formula is C24H40N2O4. The van der Waals surface area contributed by atoms with Crippen molar-refractivity contribution in [3.05, 3.63) is 35.9 Å². The van der Waals surface area contributed by atoms with Gasteiger partial charge in [-0.1, -0.05) is 70.4 Å². The van der Waals surface area contributed by atoms with Crippen LogP contribution >= 0.6 is 0 Å². The van der Waals surface area contributed by atoms with Crippen molar-refractivity contribution in [1.82, 2.24) is 10.2 Å². The first-order chi connectivity index (χ1) is 14.3. The van der Waals surface area contributed by atoms with E-state index in [1.54, 1.807) is 13.8 Å². The standard InChI is InChI=1S/C24H40N2O4/c1-5-7-8-12-15-21(27)26(16-6-2)22(28)17-18(3)24(30)25-19(4)23(29)20-13-10-9-11-14-20/h9-11,13-14,18-19,22-23,28-29H,5-8,12,15-17H2,1-4H3,(H,25,30). The summed E-state index contributed by atoms with van der Waals surface area (Å²) in [5.41, 5.74) is 0.737. The predicted octanol–water partition coefficient (Wildman–Crippen LogP) is 3.78. The highest BCUT2D eigenvalue weighted by Crippen LogP contribution is 2.18. The molecule has 1 aromatic carbocycles. The Morgan fingerprint density at radius 2 is 1.67 bits per heavy atom. The molecular weight excluding hydrogens is 380 g/mol. The number of aliphatic hydroxyl groups is 2. The lowest BCUT2D eigenvalue weighted by Gasteiger charge is -2.30. The topological polar surface area (TPSA) is 89.9 Å². The van der Waals surface area contributed by atoms with Crippen molar-refractivity contribution < 1.29 is 19.8 Å². The van der Waals surface area contributed by atoms with E-state index in [9.17, 15) is 19.8 Å². The molecule has 0 radical (unpaired) electrons. The third-order valence-corrected chi connectivity index (χ3v) is 5.39. The summed E-state index contributed by atoms with van der Waals surface area (Å²) in [4.78, 5) is 26.6. The molecule has 6 nitrogen and oxygen atoms in total. The van der Waals surface area contributed by atoms with Crippen LogP contribution in [0.3, 0.4) is 0 Å². The molecule has 6 heteroatoms. The number of hydrogen-bond donors (Lipinski definition) is 3. The molecule has 0 fully saturated rings. The van der Waals surface area contributed by atoms with Crippen LogP contribution in [-0.2, 0) is 9.59 Å². The smallest absolute Gasteiger partial charge is 0.224 e. The summed E-state index contributed by atoms with van der Waals surface area (Å²) in [6.45, 7) is 8.05. The number of benzene rings is 1. The van der Waals surface area contributed by atoms with Gasteiger partial charge in [0.15, 0.2) is 0 Å². The van der Waals surface area contributed by atoms with Crippen LogP contribution in [0.4, 0.5) is 0 Å². The Balaban J connectivity index is 2.58. The van der Waals surface area contributed by atoms with Gasteiger partial charge in [0, 0.05) is 25.3 Å². The molecule has 0 aromatic heterocycles. The molecule has 3 N–H and O–H groups in total. The Hall–Kier alpha value is -1.92. The lowest BCUT2D eigenvalue weighted by molar-refractivity contribution is -0.144. The van der Waals surface area contributed by atoms with Gasteiger partial charge in [0.2, 0.25) is 11.8 Å². The first-order valence-corrected chi connectivity index (χ1v) is 11.3. The molecule has 170 valence electrons. The van der Waals surface area contributed by atoms with Crippen LogP contribution in [-0.4, -0.2) is 45.7 Å². The van der Waals surface area contributed by atoms with Crippen LogP contribution in [0.5, 0.6) is 0 Å². The average Bonchev–Trinajstić information content (AvgIpc) is 2.74. The van der Waals surface area contributed by atoms with E-state index in [1.165, 1.54) is 4.90 Å². The number of hydrogen-bond acceptors (Lipinski definition) is 4. The van der Waals surface area contributed by atoms with Gasteiger partial charge in [-0.25, -0.2) is 0 Å². The molecule has 0 aliphatic heterocycles. The van der Waals surface area contributed by atoms with Crippen LogP contribution in [0, 0.1) is 5.92 Å². The van der Waals surface area contributed by atoms with Gasteiger partial charge in [0.25, 0.3) is 0 Å². The molecule has 0 aliphatic rings. The molecule has 4 atom stereocenters. The van der Waals surface area contributed by atoms with E-state index < -0.39 is 24.3 Å². The quantitative estimate of drug-likeness (QED) is 0.316. The van der Waals surface area contributed by atoms with Gasteiger partial charge in [-0.05, 0) is 25.3 Å². The number of rotatable bonds is 14. The Bertz CT molecular complexity index is 623. The van der Waals surface area contributed by atoms with E-state index in [2.05, 4.69) is 12.2 Å². The summed E-state index contributed by atoms with van der Waals surface area (Å²) >= 11 is 0. The predicted molar refractivity (Wildman–Crippen MR) is 120 cm³/mol. The number of carbonyl (C=O) groups excluding carboxylic acids is 2. The molecule has 30 heavy (non-hydrogen) atoms. The van der Waals surface area contributed by atoms with Gasteiger partial charge in [0.1, 0.15) is 6.23 Å². The number of carbonyl (C=O) groups is 2. The number of aliphatic hydroxyl groups excluding tert-OH is 2. The van der Waals surface area contributed by atoms with Gasteiger partial charge in [-0.15, -0.1) is 0 Å². The number of amides is 2. The zero-order chi connectivity index (χ0) is 22.5. The lowest BCUT2D eigenvalue weighted by Crippen LogP contribution is -2.45. The van der Waals surface area contributed by atoms with Crippen molar-refractivity contribution in [3.8, 4) is 0 Å². The molecule has 4 unspecified atom stereocenters. The van der Waals surface area contributed by atoms with Crippen LogP contribution in [0.25, 0.3) is 0 Å². The maximum Gasteiger partial charge on any atom is 0.224 e. The van der Waals surface area contributed by atoms with Crippen molar-refractivity contribution in [1.29, 1.82) is 0 Å². The molecule has 0 bridgehead atoms. The summed E-state index contributed by atoms with van der Waals surface area (Å²) in [7, 11) is 0. The molecule has 1 aromatic rings. The zero-order valence-corrected chi connectivity index (χ0v) is 19.0. The Labute approximate surface area is 181 Å². The fourth-order valence-electron chi connectivity index (χ4n) is 3.46. The van der Waals surface area contributed by atoms with Gasteiger partial charge < -0.3 is 20.4 Å². The normalized spacial score (nSPS) is 15.1. The van der Waals surface area contributed by atoms with Gasteiger partial charge in [0.05, 0.1) is 12.1 Å². The SMILES string of the molecule is CCCCCCC(=O)N(CCC)C(O)CC(C)C(=O)NC(C)C(O)c1ccccc1. The van der Waals surface area contributed by atoms with Crippen molar-refractivity contribution in [2.75, 3.05) is 6.54 Å². The average molecular weight is 421 g/mol. The van der Waals surface area contributed by atoms with Crippen LogP contribution in [0.2, 0.25) is 0 Å². The highest BCUT2D eigenvalue weighted by atomic mass is 16.3. The largest absolute Gasteiger partial charge is 0.386 e. The molecule has 1 rings (SSSR count). The second-order valence-electron chi connectivity index (χ2n) is 8.17. The molecule has 0 heterocycles. The molecule has 0 saturated heterocycles. The highest BCUT2D eigenvalue weighted by Gasteiger charge is 2.27. The zero-order valence-electron chi connectivity index (χ0n) is 19.0. The minimum Gasteiger partial charge on any atom is -0.386 e. The number of unbranched alkanes of at least 4 members (excludes halogenated alkanes) is 3. The van der Waals surface area contributed by atoms with Crippen LogP contribution in [0.15, 0.2) is 30.3 Å². The van der Waals surface area contributed by atoms with Crippen molar-refractivity contribution >= 4 is 11.8 Å². The Kier molecular flexibility index (Phi) is 12.3. The van der Waals surface area contributed by atoms with E-state index >= 15 is 0 Å². The second-order valence-corrected chi connectivity index (χ2v) is 8.17. The maximum atomic E-state index is 12.6. The summed E-state index contributed by atoms with van der Waals surface area (Å²) in [6.07, 6.45) is 3.60. The molecule has 2 amide bonds. The first-order valence-electron chi connectivity index (χ1n) is 11.3. The highest BCUT2D eigenvalue weighted by molar-refractivity contribution is 5.79. The van der Waals surface area contributed by atoms with Crippen molar-refractivity contribution in [3.63, 3.8) is 0 Å².